The molecule has 0 atom stereocenters. The normalized spacial score (nSPS) is 11.4. The van der Waals surface area contributed by atoms with Gasteiger partial charge in [-0.1, -0.05) is 44.8 Å². The molecular weight excluding hydrogens is 124 g/mol. The fourth-order valence-corrected chi connectivity index (χ4v) is 2.02. The zero-order valence-corrected chi connectivity index (χ0v) is 7.78. The number of hydrogen-bond donors (Lipinski definition) is 0. The Labute approximate surface area is 60.0 Å². The summed E-state index contributed by atoms with van der Waals surface area (Å²) in [5.74, 6) is 0. The van der Waals surface area contributed by atoms with Crippen LogP contribution in [0.15, 0.2) is 6.08 Å². The second-order valence-electron chi connectivity index (χ2n) is 3.69. The average molecular weight is 141 g/mol. The maximum atomic E-state index is 5.25. The Morgan fingerprint density at radius 3 is 2.22 bits per heavy atom. The molecule has 0 aliphatic carbocycles. The van der Waals surface area contributed by atoms with Crippen LogP contribution >= 0.6 is 0 Å². The van der Waals surface area contributed by atoms with E-state index in [1.165, 1.54) is 12.5 Å². The van der Waals surface area contributed by atoms with Crippen molar-refractivity contribution in [1.82, 2.24) is 0 Å². The molecule has 0 amide bonds. The molecule has 0 nitrogen and oxygen atoms in total. The van der Waals surface area contributed by atoms with Crippen molar-refractivity contribution in [2.45, 2.75) is 38.5 Å². The molecule has 0 N–H and O–H groups in total. The third kappa shape index (κ3) is 7.96. The lowest BCUT2D eigenvalue weighted by atomic mass is 10.3. The standard InChI is InChI=1S/C8H17Si/c1-5-6-7-8-9(2,3)4/h1,5H,6-8H2,2-4H3. The number of unbranched alkanes of at least 4 members (excludes halogenated alkanes) is 1. The summed E-state index contributed by atoms with van der Waals surface area (Å²) in [4.78, 5) is 0. The van der Waals surface area contributed by atoms with Gasteiger partial charge in [-0.3, -0.25) is 0 Å². The molecular formula is C8H17Si. The van der Waals surface area contributed by atoms with Crippen LogP contribution in [-0.4, -0.2) is 8.07 Å². The summed E-state index contributed by atoms with van der Waals surface area (Å²) >= 11 is 0. The zero-order chi connectivity index (χ0) is 7.33. The van der Waals surface area contributed by atoms with E-state index in [9.17, 15) is 0 Å². The number of hydrogen-bond acceptors (Lipinski definition) is 0. The quantitative estimate of drug-likeness (QED) is 0.417. The average Bonchev–Trinajstić information content (AvgIpc) is 1.63. The first-order valence-corrected chi connectivity index (χ1v) is 7.30. The third-order valence-electron chi connectivity index (χ3n) is 1.30. The molecule has 0 saturated carbocycles. The van der Waals surface area contributed by atoms with Gasteiger partial charge in [0.2, 0.25) is 0 Å². The molecule has 0 rings (SSSR count). The Hall–Kier alpha value is -0.0431. The van der Waals surface area contributed by atoms with Gasteiger partial charge in [-0.25, -0.2) is 0 Å². The lowest BCUT2D eigenvalue weighted by molar-refractivity contribution is 0.935. The highest BCUT2D eigenvalue weighted by atomic mass is 28.3. The molecule has 0 fully saturated rings. The van der Waals surface area contributed by atoms with Crippen LogP contribution in [0.4, 0.5) is 0 Å². The van der Waals surface area contributed by atoms with E-state index >= 15 is 0 Å². The monoisotopic (exact) mass is 141 g/mol. The van der Waals surface area contributed by atoms with Gasteiger partial charge in [0.1, 0.15) is 0 Å². The highest BCUT2D eigenvalue weighted by molar-refractivity contribution is 6.76. The van der Waals surface area contributed by atoms with Gasteiger partial charge in [0.15, 0.2) is 0 Å². The Balaban J connectivity index is 3.17. The second-order valence-corrected chi connectivity index (χ2v) is 9.31. The van der Waals surface area contributed by atoms with Gasteiger partial charge in [-0.2, -0.15) is 0 Å². The SMILES string of the molecule is [CH]=CCCC[Si](C)(C)C. The molecule has 1 radical (unpaired) electrons. The van der Waals surface area contributed by atoms with Gasteiger partial charge in [0.05, 0.1) is 0 Å². The fraction of sp³-hybridized carbons (Fsp3) is 0.750. The minimum atomic E-state index is -0.770. The molecule has 0 aliphatic heterocycles. The predicted octanol–water partition coefficient (Wildman–Crippen LogP) is 3.09. The Kier molecular flexibility index (Phi) is 3.87. The molecule has 1 heteroatoms. The van der Waals surface area contributed by atoms with Crippen LogP contribution in [-0.2, 0) is 0 Å². The van der Waals surface area contributed by atoms with Crippen LogP contribution in [0.1, 0.15) is 12.8 Å². The Morgan fingerprint density at radius 2 is 1.89 bits per heavy atom. The van der Waals surface area contributed by atoms with Gasteiger partial charge < -0.3 is 0 Å². The number of rotatable bonds is 4. The highest BCUT2D eigenvalue weighted by Gasteiger charge is 2.10. The van der Waals surface area contributed by atoms with Gasteiger partial charge in [-0.15, -0.1) is 0 Å². The molecule has 0 aromatic heterocycles. The molecule has 0 aromatic carbocycles. The van der Waals surface area contributed by atoms with E-state index < -0.39 is 8.07 Å². The summed E-state index contributed by atoms with van der Waals surface area (Å²) in [6.07, 6.45) is 4.14. The maximum Gasteiger partial charge on any atom is 0.0442 e. The summed E-state index contributed by atoms with van der Waals surface area (Å²) < 4.78 is 0. The lowest BCUT2D eigenvalue weighted by Gasteiger charge is -2.13. The fourth-order valence-electron chi connectivity index (χ4n) is 0.750. The molecule has 0 aliphatic rings. The van der Waals surface area contributed by atoms with Crippen molar-refractivity contribution in [3.05, 3.63) is 12.7 Å². The molecule has 0 aromatic rings. The largest absolute Gasteiger partial charge is 0.0846 e. The van der Waals surface area contributed by atoms with E-state index in [0.717, 1.165) is 6.42 Å². The van der Waals surface area contributed by atoms with E-state index in [4.69, 9.17) is 6.58 Å². The molecule has 0 spiro atoms. The van der Waals surface area contributed by atoms with Crippen LogP contribution in [0.2, 0.25) is 25.7 Å². The summed E-state index contributed by atoms with van der Waals surface area (Å²) in [6.45, 7) is 12.4. The van der Waals surface area contributed by atoms with Gasteiger partial charge in [-0.05, 0) is 6.42 Å². The van der Waals surface area contributed by atoms with Crippen molar-refractivity contribution in [2.24, 2.45) is 0 Å². The van der Waals surface area contributed by atoms with Crippen LogP contribution in [0.5, 0.6) is 0 Å². The summed E-state index contributed by atoms with van der Waals surface area (Å²) in [7, 11) is -0.770. The molecule has 0 bridgehead atoms. The zero-order valence-electron chi connectivity index (χ0n) is 6.78. The smallest absolute Gasteiger partial charge is 0.0442 e. The van der Waals surface area contributed by atoms with Gasteiger partial charge in [0.25, 0.3) is 0 Å². The van der Waals surface area contributed by atoms with Crippen LogP contribution < -0.4 is 0 Å². The van der Waals surface area contributed by atoms with Crippen molar-refractivity contribution in [1.29, 1.82) is 0 Å². The first kappa shape index (κ1) is 8.96. The molecule has 9 heavy (non-hydrogen) atoms. The van der Waals surface area contributed by atoms with Gasteiger partial charge >= 0.3 is 0 Å². The van der Waals surface area contributed by atoms with E-state index in [1.807, 2.05) is 0 Å². The van der Waals surface area contributed by atoms with Crippen LogP contribution in [0, 0.1) is 6.58 Å². The molecule has 0 heterocycles. The Bertz CT molecular complexity index is 79.1. The van der Waals surface area contributed by atoms with Crippen molar-refractivity contribution >= 4 is 8.07 Å². The first-order chi connectivity index (χ1) is 4.06. The first-order valence-electron chi connectivity index (χ1n) is 3.60. The highest BCUT2D eigenvalue weighted by Crippen LogP contribution is 2.12. The third-order valence-corrected chi connectivity index (χ3v) is 3.15. The lowest BCUT2D eigenvalue weighted by Crippen LogP contribution is -2.18. The van der Waals surface area contributed by atoms with E-state index in [-0.39, 0.29) is 0 Å². The van der Waals surface area contributed by atoms with Crippen molar-refractivity contribution in [3.63, 3.8) is 0 Å². The summed E-state index contributed by atoms with van der Waals surface area (Å²) in [5, 5.41) is 0. The maximum absolute atomic E-state index is 5.25. The summed E-state index contributed by atoms with van der Waals surface area (Å²) in [6, 6.07) is 1.40. The summed E-state index contributed by atoms with van der Waals surface area (Å²) in [5.41, 5.74) is 0. The molecule has 0 unspecified atom stereocenters. The van der Waals surface area contributed by atoms with E-state index in [0.29, 0.717) is 0 Å². The van der Waals surface area contributed by atoms with Crippen molar-refractivity contribution in [2.75, 3.05) is 0 Å². The minimum Gasteiger partial charge on any atom is -0.0846 e. The molecule has 53 valence electrons. The second kappa shape index (κ2) is 3.88. The van der Waals surface area contributed by atoms with E-state index in [1.54, 1.807) is 6.08 Å². The minimum absolute atomic E-state index is 0.770. The van der Waals surface area contributed by atoms with Crippen LogP contribution in [0.25, 0.3) is 0 Å². The number of allylic oxidation sites excluding steroid dienone is 1. The van der Waals surface area contributed by atoms with Crippen molar-refractivity contribution in [3.8, 4) is 0 Å². The van der Waals surface area contributed by atoms with E-state index in [2.05, 4.69) is 19.6 Å². The Morgan fingerprint density at radius 1 is 1.33 bits per heavy atom. The topological polar surface area (TPSA) is 0 Å². The predicted molar refractivity (Wildman–Crippen MR) is 46.3 cm³/mol. The molecule has 0 saturated heterocycles. The van der Waals surface area contributed by atoms with Crippen LogP contribution in [0.3, 0.4) is 0 Å². The van der Waals surface area contributed by atoms with Crippen molar-refractivity contribution < 1.29 is 0 Å². The van der Waals surface area contributed by atoms with Gasteiger partial charge in [0, 0.05) is 8.07 Å².